The summed E-state index contributed by atoms with van der Waals surface area (Å²) in [5, 5.41) is 17.9. The lowest BCUT2D eigenvalue weighted by molar-refractivity contribution is 0.0270. The number of hydrogen-bond donors (Lipinski definition) is 5. The second-order valence-electron chi connectivity index (χ2n) is 10.0. The zero-order valence-electron chi connectivity index (χ0n) is 26.4. The highest BCUT2D eigenvalue weighted by Gasteiger charge is 2.23. The molecule has 0 bridgehead atoms. The van der Waals surface area contributed by atoms with Gasteiger partial charge in [-0.1, -0.05) is 72.9 Å². The average molecular weight is 707 g/mol. The molecule has 0 unspecified atom stereocenters. The van der Waals surface area contributed by atoms with E-state index in [1.165, 1.54) is 18.1 Å². The van der Waals surface area contributed by atoms with E-state index >= 15 is 0 Å². The fourth-order valence-electron chi connectivity index (χ4n) is 2.47. The van der Waals surface area contributed by atoms with E-state index in [-0.39, 0.29) is 10.6 Å². The minimum atomic E-state index is -0.873. The standard InChI is InChI=1S/C19H19BrCl2N4O2.C4H9NO2.C4H10.C3H9N/c1-2-7-23-18-16(22)17(25-15-6-5-12(20)8-14(15)21)13(9-24-18)19(27)26-28-10-11-3-4-11;1-3-5(2)4(6)7;1-4(2)3;1-3-4-2/h2,5-9,11H,3-4,10H2,1H3,(H,26,27)(H2,23,24,25);3H2,1-2H3,(H,6,7);4H,1-3H3;4H,3H2,1-2H3/b7-2+;;;. The molecule has 2 amide bonds. The molecule has 1 aromatic heterocycles. The molecule has 13 heteroatoms. The van der Waals surface area contributed by atoms with Crippen molar-refractivity contribution in [1.82, 2.24) is 20.7 Å². The zero-order chi connectivity index (χ0) is 32.9. The Morgan fingerprint density at radius 1 is 1.23 bits per heavy atom. The number of anilines is 3. The number of carboxylic acid groups (broad SMARTS) is 1. The minimum absolute atomic E-state index is 0.241. The monoisotopic (exact) mass is 704 g/mol. The van der Waals surface area contributed by atoms with Crippen molar-refractivity contribution in [2.24, 2.45) is 11.8 Å². The first-order valence-electron chi connectivity index (χ1n) is 14.1. The normalized spacial score (nSPS) is 11.7. The highest BCUT2D eigenvalue weighted by Crippen LogP contribution is 2.37. The molecule has 242 valence electrons. The fourth-order valence-corrected chi connectivity index (χ4v) is 3.44. The van der Waals surface area contributed by atoms with Gasteiger partial charge in [-0.2, -0.15) is 0 Å². The van der Waals surface area contributed by atoms with Crippen molar-refractivity contribution >= 4 is 68.3 Å². The molecule has 0 atom stereocenters. The zero-order valence-corrected chi connectivity index (χ0v) is 29.5. The van der Waals surface area contributed by atoms with Crippen LogP contribution in [0.15, 0.2) is 41.1 Å². The smallest absolute Gasteiger partial charge is 0.407 e. The summed E-state index contributed by atoms with van der Waals surface area (Å²) in [6.45, 7) is 14.3. The van der Waals surface area contributed by atoms with Gasteiger partial charge in [0, 0.05) is 24.3 Å². The maximum absolute atomic E-state index is 12.6. The van der Waals surface area contributed by atoms with Crippen LogP contribution in [0.5, 0.6) is 0 Å². The van der Waals surface area contributed by atoms with Crippen LogP contribution in [0.3, 0.4) is 0 Å². The molecule has 0 saturated heterocycles. The topological polar surface area (TPSA) is 128 Å². The first-order valence-corrected chi connectivity index (χ1v) is 15.7. The number of carbonyl (C=O) groups is 2. The van der Waals surface area contributed by atoms with Gasteiger partial charge in [0.15, 0.2) is 5.82 Å². The van der Waals surface area contributed by atoms with Gasteiger partial charge in [0.05, 0.1) is 28.6 Å². The van der Waals surface area contributed by atoms with Crippen LogP contribution >= 0.6 is 39.1 Å². The quantitative estimate of drug-likeness (QED) is 0.156. The van der Waals surface area contributed by atoms with E-state index < -0.39 is 12.0 Å². The summed E-state index contributed by atoms with van der Waals surface area (Å²) >= 11 is 16.2. The summed E-state index contributed by atoms with van der Waals surface area (Å²) in [6.07, 6.45) is 6.32. The molecule has 1 aliphatic carbocycles. The molecular weight excluding hydrogens is 659 g/mol. The van der Waals surface area contributed by atoms with Crippen molar-refractivity contribution in [3.05, 3.63) is 56.8 Å². The van der Waals surface area contributed by atoms with Crippen LogP contribution in [-0.4, -0.2) is 60.8 Å². The van der Waals surface area contributed by atoms with Crippen molar-refractivity contribution < 1.29 is 19.5 Å². The lowest BCUT2D eigenvalue weighted by atomic mass is 10.2. The summed E-state index contributed by atoms with van der Waals surface area (Å²) in [5.74, 6) is 1.32. The molecule has 10 nitrogen and oxygen atoms in total. The predicted octanol–water partition coefficient (Wildman–Crippen LogP) is 8.42. The van der Waals surface area contributed by atoms with Gasteiger partial charge in [-0.15, -0.1) is 0 Å². The molecule has 1 aromatic carbocycles. The van der Waals surface area contributed by atoms with Crippen molar-refractivity contribution in [3.8, 4) is 0 Å². The molecule has 2 aromatic rings. The lowest BCUT2D eigenvalue weighted by Gasteiger charge is -2.16. The molecule has 1 saturated carbocycles. The van der Waals surface area contributed by atoms with E-state index in [9.17, 15) is 9.59 Å². The third kappa shape index (κ3) is 18.0. The van der Waals surface area contributed by atoms with E-state index in [1.54, 1.807) is 25.3 Å². The van der Waals surface area contributed by atoms with Crippen LogP contribution in [0.1, 0.15) is 64.7 Å². The van der Waals surface area contributed by atoms with E-state index in [2.05, 4.69) is 70.0 Å². The number of amides is 2. The number of nitrogens with one attached hydrogen (secondary N) is 4. The van der Waals surface area contributed by atoms with Gasteiger partial charge < -0.3 is 26.0 Å². The Balaban J connectivity index is 0.000000975. The first kappa shape index (κ1) is 40.4. The fraction of sp³-hybridized carbons (Fsp3) is 0.500. The molecule has 1 fully saturated rings. The number of carbonyl (C=O) groups excluding carboxylic acids is 1. The Hall–Kier alpha value is -2.57. The van der Waals surface area contributed by atoms with Crippen molar-refractivity contribution in [2.45, 2.75) is 54.4 Å². The van der Waals surface area contributed by atoms with Gasteiger partial charge in [-0.05, 0) is 76.5 Å². The Kier molecular flexibility index (Phi) is 21.5. The van der Waals surface area contributed by atoms with Crippen LogP contribution in [0.2, 0.25) is 10.0 Å². The van der Waals surface area contributed by atoms with Crippen molar-refractivity contribution in [1.29, 1.82) is 0 Å². The number of rotatable bonds is 10. The molecule has 0 radical (unpaired) electrons. The second kappa shape index (κ2) is 22.9. The molecule has 5 N–H and O–H groups in total. The molecule has 0 aliphatic heterocycles. The maximum Gasteiger partial charge on any atom is 0.407 e. The Bertz CT molecular complexity index is 1150. The van der Waals surface area contributed by atoms with Crippen LogP contribution in [0.4, 0.5) is 22.0 Å². The summed E-state index contributed by atoms with van der Waals surface area (Å²) in [5.41, 5.74) is 3.67. The lowest BCUT2D eigenvalue weighted by Crippen LogP contribution is -2.26. The summed E-state index contributed by atoms with van der Waals surface area (Å²) in [6, 6.07) is 5.37. The van der Waals surface area contributed by atoms with Gasteiger partial charge in [0.2, 0.25) is 0 Å². The van der Waals surface area contributed by atoms with Gasteiger partial charge in [-0.3, -0.25) is 9.63 Å². The number of halogens is 3. The largest absolute Gasteiger partial charge is 0.465 e. The van der Waals surface area contributed by atoms with E-state index in [4.69, 9.17) is 33.1 Å². The number of aromatic nitrogens is 1. The summed E-state index contributed by atoms with van der Waals surface area (Å²) in [4.78, 5) is 33.2. The first-order chi connectivity index (χ1) is 20.3. The van der Waals surface area contributed by atoms with E-state index in [1.807, 2.05) is 26.1 Å². The highest BCUT2D eigenvalue weighted by atomic mass is 79.9. The molecule has 0 spiro atoms. The molecule has 1 aliphatic rings. The third-order valence-corrected chi connectivity index (χ3v) is 6.35. The summed E-state index contributed by atoms with van der Waals surface area (Å²) in [7, 11) is 3.46. The number of benzene rings is 1. The van der Waals surface area contributed by atoms with Crippen LogP contribution < -0.4 is 21.4 Å². The predicted molar refractivity (Wildman–Crippen MR) is 183 cm³/mol. The SMILES string of the molecule is C/C=C/Nc1ncc(C(=O)NOCC2CC2)c(Nc2ccc(Br)cc2Cl)c1Cl.CC(C)C.CCN(C)C(=O)O.CCNC. The van der Waals surface area contributed by atoms with Gasteiger partial charge in [0.1, 0.15) is 5.02 Å². The molecular formula is C30H47BrCl2N6O4. The number of pyridine rings is 1. The molecule has 1 heterocycles. The second-order valence-corrected chi connectivity index (χ2v) is 11.7. The number of nitrogens with zero attached hydrogens (tertiary/aromatic N) is 2. The van der Waals surface area contributed by atoms with Crippen LogP contribution in [0.25, 0.3) is 0 Å². The van der Waals surface area contributed by atoms with Crippen LogP contribution in [-0.2, 0) is 4.84 Å². The maximum atomic E-state index is 12.6. The van der Waals surface area contributed by atoms with Gasteiger partial charge in [0.25, 0.3) is 5.91 Å². The summed E-state index contributed by atoms with van der Waals surface area (Å²) < 4.78 is 0.839. The van der Waals surface area contributed by atoms with Crippen molar-refractivity contribution in [2.75, 3.05) is 44.4 Å². The minimum Gasteiger partial charge on any atom is -0.465 e. The number of allylic oxidation sites excluding steroid dienone is 1. The van der Waals surface area contributed by atoms with E-state index in [0.717, 1.165) is 29.8 Å². The van der Waals surface area contributed by atoms with Crippen molar-refractivity contribution in [3.63, 3.8) is 0 Å². The third-order valence-electron chi connectivity index (χ3n) is 5.18. The molecule has 43 heavy (non-hydrogen) atoms. The highest BCUT2D eigenvalue weighted by molar-refractivity contribution is 9.10. The van der Waals surface area contributed by atoms with Gasteiger partial charge >= 0.3 is 6.09 Å². The Labute approximate surface area is 275 Å². The molecule has 3 rings (SSSR count). The van der Waals surface area contributed by atoms with E-state index in [0.29, 0.717) is 41.3 Å². The number of hydroxylamine groups is 1. The Morgan fingerprint density at radius 3 is 2.28 bits per heavy atom. The number of hydrogen-bond acceptors (Lipinski definition) is 7. The van der Waals surface area contributed by atoms with Gasteiger partial charge in [-0.25, -0.2) is 15.3 Å². The van der Waals surface area contributed by atoms with Crippen LogP contribution in [0, 0.1) is 11.8 Å². The Morgan fingerprint density at radius 2 is 1.84 bits per heavy atom. The average Bonchev–Trinajstić information content (AvgIpc) is 3.78.